The van der Waals surface area contributed by atoms with Gasteiger partial charge in [0.1, 0.15) is 0 Å². The fraction of sp³-hybridized carbons (Fsp3) is 0.211. The molecule has 120 valence electrons. The largest absolute Gasteiger partial charge is 0.493 e. The zero-order chi connectivity index (χ0) is 16.7. The highest BCUT2D eigenvalue weighted by Gasteiger charge is 2.06. The number of para-hydroxylation sites is 1. The summed E-state index contributed by atoms with van der Waals surface area (Å²) in [5.41, 5.74) is 1.63. The Balaban J connectivity index is 2.05. The summed E-state index contributed by atoms with van der Waals surface area (Å²) in [5.74, 6) is 1.15. The lowest BCUT2D eigenvalue weighted by molar-refractivity contribution is -0.111. The number of amides is 1. The van der Waals surface area contributed by atoms with Crippen molar-refractivity contribution in [1.82, 2.24) is 0 Å². The lowest BCUT2D eigenvalue weighted by Crippen LogP contribution is -2.07. The first-order valence-corrected chi connectivity index (χ1v) is 7.47. The van der Waals surface area contributed by atoms with Crippen molar-refractivity contribution in [2.75, 3.05) is 12.4 Å². The maximum Gasteiger partial charge on any atom is 0.248 e. The third kappa shape index (κ3) is 5.18. The molecule has 0 radical (unpaired) electrons. The van der Waals surface area contributed by atoms with Crippen LogP contribution in [0, 0.1) is 0 Å². The average Bonchev–Trinajstić information content (AvgIpc) is 2.54. The van der Waals surface area contributed by atoms with Crippen LogP contribution in [0.1, 0.15) is 19.4 Å². The van der Waals surface area contributed by atoms with Gasteiger partial charge in [-0.3, -0.25) is 4.79 Å². The van der Waals surface area contributed by atoms with Gasteiger partial charge >= 0.3 is 0 Å². The Hall–Kier alpha value is -2.75. The van der Waals surface area contributed by atoms with Crippen molar-refractivity contribution in [3.63, 3.8) is 0 Å². The normalized spacial score (nSPS) is 10.8. The smallest absolute Gasteiger partial charge is 0.248 e. The summed E-state index contributed by atoms with van der Waals surface area (Å²) in [7, 11) is 1.60. The number of methoxy groups -OCH3 is 1. The van der Waals surface area contributed by atoms with Crippen LogP contribution in [0.2, 0.25) is 0 Å². The van der Waals surface area contributed by atoms with Crippen LogP contribution in [0.5, 0.6) is 11.5 Å². The summed E-state index contributed by atoms with van der Waals surface area (Å²) < 4.78 is 11.0. The second-order valence-corrected chi connectivity index (χ2v) is 5.27. The quantitative estimate of drug-likeness (QED) is 0.816. The molecule has 0 unspecified atom stereocenters. The molecule has 1 N–H and O–H groups in total. The van der Waals surface area contributed by atoms with Gasteiger partial charge in [-0.1, -0.05) is 24.3 Å². The lowest BCUT2D eigenvalue weighted by atomic mass is 10.2. The summed E-state index contributed by atoms with van der Waals surface area (Å²) in [6, 6.07) is 14.9. The molecule has 0 saturated carbocycles. The molecule has 23 heavy (non-hydrogen) atoms. The van der Waals surface area contributed by atoms with E-state index in [1.54, 1.807) is 13.2 Å². The zero-order valence-corrected chi connectivity index (χ0v) is 13.6. The molecule has 2 rings (SSSR count). The van der Waals surface area contributed by atoms with E-state index in [1.165, 1.54) is 6.08 Å². The molecule has 0 aliphatic carbocycles. The highest BCUT2D eigenvalue weighted by Crippen LogP contribution is 2.29. The van der Waals surface area contributed by atoms with Crippen molar-refractivity contribution >= 4 is 17.7 Å². The van der Waals surface area contributed by atoms with E-state index in [0.29, 0.717) is 11.5 Å². The summed E-state index contributed by atoms with van der Waals surface area (Å²) in [4.78, 5) is 11.9. The number of benzene rings is 2. The van der Waals surface area contributed by atoms with E-state index in [-0.39, 0.29) is 12.0 Å². The molecule has 0 saturated heterocycles. The van der Waals surface area contributed by atoms with E-state index < -0.39 is 0 Å². The number of carbonyl (C=O) groups excluding carboxylic acids is 1. The highest BCUT2D eigenvalue weighted by atomic mass is 16.5. The fourth-order valence-corrected chi connectivity index (χ4v) is 2.02. The molecule has 0 atom stereocenters. The number of hydrogen-bond donors (Lipinski definition) is 1. The maximum absolute atomic E-state index is 11.9. The van der Waals surface area contributed by atoms with Gasteiger partial charge in [0.2, 0.25) is 5.91 Å². The molecule has 0 heterocycles. The maximum atomic E-state index is 11.9. The Bertz CT molecular complexity index is 678. The third-order valence-corrected chi connectivity index (χ3v) is 3.02. The van der Waals surface area contributed by atoms with Crippen LogP contribution in [0.3, 0.4) is 0 Å². The second kappa shape index (κ2) is 8.03. The molecular weight excluding hydrogens is 290 g/mol. The molecule has 1 amide bonds. The predicted octanol–water partition coefficient (Wildman–Crippen LogP) is 4.13. The molecule has 2 aromatic carbocycles. The van der Waals surface area contributed by atoms with E-state index in [1.807, 2.05) is 62.4 Å². The van der Waals surface area contributed by atoms with Crippen LogP contribution in [0.25, 0.3) is 6.08 Å². The summed E-state index contributed by atoms with van der Waals surface area (Å²) in [5, 5.41) is 2.80. The second-order valence-electron chi connectivity index (χ2n) is 5.27. The number of anilines is 1. The van der Waals surface area contributed by atoms with Gasteiger partial charge in [0, 0.05) is 11.8 Å². The van der Waals surface area contributed by atoms with Gasteiger partial charge in [0.15, 0.2) is 11.5 Å². The minimum Gasteiger partial charge on any atom is -0.493 e. The summed E-state index contributed by atoms with van der Waals surface area (Å²) in [6.45, 7) is 3.92. The van der Waals surface area contributed by atoms with Crippen LogP contribution < -0.4 is 14.8 Å². The molecule has 0 spiro atoms. The lowest BCUT2D eigenvalue weighted by Gasteiger charge is -2.13. The van der Waals surface area contributed by atoms with Gasteiger partial charge in [-0.05, 0) is 49.8 Å². The number of ether oxygens (including phenoxy) is 2. The van der Waals surface area contributed by atoms with Crippen molar-refractivity contribution in [2.24, 2.45) is 0 Å². The van der Waals surface area contributed by atoms with E-state index >= 15 is 0 Å². The molecule has 0 aromatic heterocycles. The van der Waals surface area contributed by atoms with Crippen molar-refractivity contribution in [3.05, 3.63) is 60.2 Å². The minimum atomic E-state index is -0.183. The number of rotatable bonds is 6. The molecule has 4 nitrogen and oxygen atoms in total. The number of nitrogens with one attached hydrogen (secondary N) is 1. The van der Waals surface area contributed by atoms with E-state index in [0.717, 1.165) is 11.3 Å². The molecule has 0 fully saturated rings. The van der Waals surface area contributed by atoms with Gasteiger partial charge in [-0.2, -0.15) is 0 Å². The zero-order valence-electron chi connectivity index (χ0n) is 13.6. The van der Waals surface area contributed by atoms with Crippen molar-refractivity contribution < 1.29 is 14.3 Å². The molecular formula is C19H21NO3. The first-order valence-electron chi connectivity index (χ1n) is 7.47. The fourth-order valence-electron chi connectivity index (χ4n) is 2.02. The van der Waals surface area contributed by atoms with Crippen LogP contribution >= 0.6 is 0 Å². The SMILES string of the molecule is COc1cc(C=CC(=O)Nc2ccccc2)ccc1OC(C)C. The van der Waals surface area contributed by atoms with Crippen LogP contribution in [0.15, 0.2) is 54.6 Å². The van der Waals surface area contributed by atoms with Crippen molar-refractivity contribution in [2.45, 2.75) is 20.0 Å². The number of hydrogen-bond acceptors (Lipinski definition) is 3. The van der Waals surface area contributed by atoms with Gasteiger partial charge in [-0.15, -0.1) is 0 Å². The summed E-state index contributed by atoms with van der Waals surface area (Å²) in [6.07, 6.45) is 3.30. The molecule has 0 aliphatic rings. The Morgan fingerprint density at radius 1 is 1.09 bits per heavy atom. The van der Waals surface area contributed by atoms with Crippen molar-refractivity contribution in [3.8, 4) is 11.5 Å². The van der Waals surface area contributed by atoms with Crippen LogP contribution in [-0.4, -0.2) is 19.1 Å². The Morgan fingerprint density at radius 3 is 2.48 bits per heavy atom. The van der Waals surface area contributed by atoms with Gasteiger partial charge in [0.25, 0.3) is 0 Å². The van der Waals surface area contributed by atoms with Gasteiger partial charge in [0.05, 0.1) is 13.2 Å². The summed E-state index contributed by atoms with van der Waals surface area (Å²) >= 11 is 0. The van der Waals surface area contributed by atoms with E-state index in [2.05, 4.69) is 5.32 Å². The minimum absolute atomic E-state index is 0.0712. The predicted molar refractivity (Wildman–Crippen MR) is 92.9 cm³/mol. The van der Waals surface area contributed by atoms with E-state index in [9.17, 15) is 4.79 Å². The van der Waals surface area contributed by atoms with Crippen LogP contribution in [-0.2, 0) is 4.79 Å². The highest BCUT2D eigenvalue weighted by molar-refractivity contribution is 6.01. The number of carbonyl (C=O) groups is 1. The molecule has 0 aliphatic heterocycles. The molecule has 2 aromatic rings. The van der Waals surface area contributed by atoms with Gasteiger partial charge < -0.3 is 14.8 Å². The Morgan fingerprint density at radius 2 is 1.83 bits per heavy atom. The van der Waals surface area contributed by atoms with Crippen LogP contribution in [0.4, 0.5) is 5.69 Å². The Labute approximate surface area is 136 Å². The molecule has 0 bridgehead atoms. The first-order chi connectivity index (χ1) is 11.1. The van der Waals surface area contributed by atoms with Crippen molar-refractivity contribution in [1.29, 1.82) is 0 Å². The van der Waals surface area contributed by atoms with E-state index in [4.69, 9.17) is 9.47 Å². The standard InChI is InChI=1S/C19H21NO3/c1-14(2)23-17-11-9-15(13-18(17)22-3)10-12-19(21)20-16-7-5-4-6-8-16/h4-14H,1-3H3,(H,20,21). The average molecular weight is 311 g/mol. The monoisotopic (exact) mass is 311 g/mol. The first kappa shape index (κ1) is 16.6. The molecule has 4 heteroatoms. The Kier molecular flexibility index (Phi) is 5.80. The topological polar surface area (TPSA) is 47.6 Å². The third-order valence-electron chi connectivity index (χ3n) is 3.02. The van der Waals surface area contributed by atoms with Gasteiger partial charge in [-0.25, -0.2) is 0 Å².